The number of amides is 1. The highest BCUT2D eigenvalue weighted by Crippen LogP contribution is 2.34. The van der Waals surface area contributed by atoms with Gasteiger partial charge in [0, 0.05) is 34.6 Å². The molecule has 0 saturated carbocycles. The van der Waals surface area contributed by atoms with E-state index in [1.165, 1.54) is 0 Å². The van der Waals surface area contributed by atoms with Crippen molar-refractivity contribution in [2.24, 2.45) is 5.73 Å². The summed E-state index contributed by atoms with van der Waals surface area (Å²) in [6.07, 6.45) is 5.42. The molecule has 1 unspecified atom stereocenters. The number of nitrogens with two attached hydrogens (primary N) is 1. The van der Waals surface area contributed by atoms with Gasteiger partial charge in [0.1, 0.15) is 0 Å². The van der Waals surface area contributed by atoms with E-state index >= 15 is 0 Å². The van der Waals surface area contributed by atoms with Crippen LogP contribution in [0.5, 0.6) is 0 Å². The van der Waals surface area contributed by atoms with Gasteiger partial charge in [-0.05, 0) is 48.4 Å². The van der Waals surface area contributed by atoms with E-state index in [0.717, 1.165) is 34.7 Å². The summed E-state index contributed by atoms with van der Waals surface area (Å²) in [5.41, 5.74) is 8.73. The first kappa shape index (κ1) is 14.1. The summed E-state index contributed by atoms with van der Waals surface area (Å²) >= 11 is 1.78. The molecule has 1 aliphatic rings. The Kier molecular flexibility index (Phi) is 4.22. The Bertz CT molecular complexity index is 645. The van der Waals surface area contributed by atoms with Crippen molar-refractivity contribution in [1.29, 1.82) is 0 Å². The van der Waals surface area contributed by atoms with Gasteiger partial charge in [-0.15, -0.1) is 11.8 Å². The van der Waals surface area contributed by atoms with Crippen LogP contribution in [0.4, 0.5) is 5.69 Å². The standard InChI is InChI=1S/C16H17N3OS/c17-14-2-1-9-21-15-10-11(3-4-13(14)15)16(20)19-12-5-7-18-8-6-12/h3-8,10,14H,1-2,9,17H2,(H,18,19,20). The average molecular weight is 299 g/mol. The third kappa shape index (κ3) is 3.25. The number of carbonyl (C=O) groups excluding carboxylic acids is 1. The Balaban J connectivity index is 1.83. The van der Waals surface area contributed by atoms with Crippen molar-refractivity contribution in [2.45, 2.75) is 23.8 Å². The second-order valence-electron chi connectivity index (χ2n) is 5.04. The van der Waals surface area contributed by atoms with E-state index in [2.05, 4.69) is 10.3 Å². The second-order valence-corrected chi connectivity index (χ2v) is 6.18. The first-order valence-electron chi connectivity index (χ1n) is 6.98. The fraction of sp³-hybridized carbons (Fsp3) is 0.250. The van der Waals surface area contributed by atoms with Crippen molar-refractivity contribution >= 4 is 23.4 Å². The summed E-state index contributed by atoms with van der Waals surface area (Å²) in [6, 6.07) is 9.40. The zero-order valence-corrected chi connectivity index (χ0v) is 12.4. The summed E-state index contributed by atoms with van der Waals surface area (Å²) in [5.74, 6) is 0.943. The molecule has 4 nitrogen and oxygen atoms in total. The molecule has 3 rings (SSSR count). The van der Waals surface area contributed by atoms with Crippen LogP contribution in [0.25, 0.3) is 0 Å². The number of aromatic nitrogens is 1. The monoisotopic (exact) mass is 299 g/mol. The van der Waals surface area contributed by atoms with E-state index < -0.39 is 0 Å². The van der Waals surface area contributed by atoms with Crippen molar-refractivity contribution in [3.63, 3.8) is 0 Å². The molecular weight excluding hydrogens is 282 g/mol. The minimum absolute atomic E-state index is 0.0762. The zero-order chi connectivity index (χ0) is 14.7. The molecule has 0 bridgehead atoms. The minimum Gasteiger partial charge on any atom is -0.324 e. The topological polar surface area (TPSA) is 68.0 Å². The van der Waals surface area contributed by atoms with Crippen LogP contribution >= 0.6 is 11.8 Å². The van der Waals surface area contributed by atoms with Crippen LogP contribution < -0.4 is 11.1 Å². The van der Waals surface area contributed by atoms with Gasteiger partial charge in [0.2, 0.25) is 0 Å². The first-order chi connectivity index (χ1) is 10.2. The smallest absolute Gasteiger partial charge is 0.255 e. The van der Waals surface area contributed by atoms with Crippen molar-refractivity contribution in [3.05, 3.63) is 53.9 Å². The van der Waals surface area contributed by atoms with Gasteiger partial charge in [0.05, 0.1) is 0 Å². The molecule has 1 aliphatic heterocycles. The molecule has 0 spiro atoms. The maximum atomic E-state index is 12.3. The fourth-order valence-electron chi connectivity index (χ4n) is 2.39. The highest BCUT2D eigenvalue weighted by Gasteiger charge is 2.17. The van der Waals surface area contributed by atoms with Crippen molar-refractivity contribution < 1.29 is 4.79 Å². The number of carbonyl (C=O) groups is 1. The first-order valence-corrected chi connectivity index (χ1v) is 7.96. The number of nitrogens with one attached hydrogen (secondary N) is 1. The fourth-order valence-corrected chi connectivity index (χ4v) is 3.51. The van der Waals surface area contributed by atoms with E-state index in [9.17, 15) is 4.79 Å². The summed E-state index contributed by atoms with van der Waals surface area (Å²) in [4.78, 5) is 17.4. The number of anilines is 1. The Labute approximate surface area is 128 Å². The SMILES string of the molecule is NC1CCCSc2cc(C(=O)Nc3ccncc3)ccc21. The molecule has 1 atom stereocenters. The van der Waals surface area contributed by atoms with Gasteiger partial charge in [-0.3, -0.25) is 9.78 Å². The highest BCUT2D eigenvalue weighted by molar-refractivity contribution is 7.99. The van der Waals surface area contributed by atoms with Crippen LogP contribution in [0, 0.1) is 0 Å². The van der Waals surface area contributed by atoms with Gasteiger partial charge in [0.15, 0.2) is 0 Å². The number of nitrogens with zero attached hydrogens (tertiary/aromatic N) is 1. The summed E-state index contributed by atoms with van der Waals surface area (Å²) < 4.78 is 0. The normalized spacial score (nSPS) is 17.7. The molecule has 21 heavy (non-hydrogen) atoms. The quantitative estimate of drug-likeness (QED) is 0.893. The predicted octanol–water partition coefficient (Wildman–Crippen LogP) is 3.22. The molecule has 0 saturated heterocycles. The van der Waals surface area contributed by atoms with Crippen LogP contribution in [0.2, 0.25) is 0 Å². The third-order valence-electron chi connectivity index (χ3n) is 3.53. The molecule has 5 heteroatoms. The third-order valence-corrected chi connectivity index (χ3v) is 4.69. The van der Waals surface area contributed by atoms with Crippen molar-refractivity contribution in [2.75, 3.05) is 11.1 Å². The van der Waals surface area contributed by atoms with Gasteiger partial charge >= 0.3 is 0 Å². The molecule has 2 heterocycles. The Morgan fingerprint density at radius 2 is 2.10 bits per heavy atom. The van der Waals surface area contributed by atoms with Gasteiger partial charge in [0.25, 0.3) is 5.91 Å². The summed E-state index contributed by atoms with van der Waals surface area (Å²) in [5, 5.41) is 2.87. The van der Waals surface area contributed by atoms with E-state index in [4.69, 9.17) is 5.73 Å². The van der Waals surface area contributed by atoms with E-state index in [1.807, 2.05) is 18.2 Å². The lowest BCUT2D eigenvalue weighted by Crippen LogP contribution is -2.14. The summed E-state index contributed by atoms with van der Waals surface area (Å²) in [7, 11) is 0. The average Bonchev–Trinajstić information content (AvgIpc) is 2.70. The van der Waals surface area contributed by atoms with E-state index in [0.29, 0.717) is 5.56 Å². The lowest BCUT2D eigenvalue weighted by molar-refractivity contribution is 0.102. The number of pyridine rings is 1. The maximum Gasteiger partial charge on any atom is 0.255 e. The number of benzene rings is 1. The van der Waals surface area contributed by atoms with Crippen LogP contribution in [0.1, 0.15) is 34.8 Å². The van der Waals surface area contributed by atoms with Crippen molar-refractivity contribution in [1.82, 2.24) is 4.98 Å². The van der Waals surface area contributed by atoms with Crippen LogP contribution in [-0.4, -0.2) is 16.6 Å². The Morgan fingerprint density at radius 1 is 1.29 bits per heavy atom. The molecule has 2 aromatic rings. The molecule has 3 N–H and O–H groups in total. The van der Waals surface area contributed by atoms with Gasteiger partial charge in [-0.2, -0.15) is 0 Å². The van der Waals surface area contributed by atoms with Gasteiger partial charge < -0.3 is 11.1 Å². The number of fused-ring (bicyclic) bond motifs is 1. The van der Waals surface area contributed by atoms with Crippen LogP contribution in [0.3, 0.4) is 0 Å². The number of hydrogen-bond acceptors (Lipinski definition) is 4. The predicted molar refractivity (Wildman–Crippen MR) is 85.5 cm³/mol. The molecule has 1 aromatic heterocycles. The molecule has 0 radical (unpaired) electrons. The second kappa shape index (κ2) is 6.28. The number of thioether (sulfide) groups is 1. The highest BCUT2D eigenvalue weighted by atomic mass is 32.2. The number of rotatable bonds is 2. The lowest BCUT2D eigenvalue weighted by Gasteiger charge is -2.13. The minimum atomic E-state index is -0.109. The molecule has 1 aromatic carbocycles. The Hall–Kier alpha value is -1.85. The van der Waals surface area contributed by atoms with E-state index in [1.54, 1.807) is 36.3 Å². The maximum absolute atomic E-state index is 12.3. The van der Waals surface area contributed by atoms with Crippen LogP contribution in [0.15, 0.2) is 47.6 Å². The zero-order valence-electron chi connectivity index (χ0n) is 11.6. The molecule has 1 amide bonds. The summed E-state index contributed by atoms with van der Waals surface area (Å²) in [6.45, 7) is 0. The molecule has 108 valence electrons. The van der Waals surface area contributed by atoms with E-state index in [-0.39, 0.29) is 11.9 Å². The van der Waals surface area contributed by atoms with Crippen LogP contribution in [-0.2, 0) is 0 Å². The Morgan fingerprint density at radius 3 is 2.90 bits per heavy atom. The lowest BCUT2D eigenvalue weighted by atomic mass is 10.0. The molecule has 0 fully saturated rings. The largest absolute Gasteiger partial charge is 0.324 e. The van der Waals surface area contributed by atoms with Gasteiger partial charge in [-0.1, -0.05) is 6.07 Å². The van der Waals surface area contributed by atoms with Gasteiger partial charge in [-0.25, -0.2) is 0 Å². The van der Waals surface area contributed by atoms with Crippen molar-refractivity contribution in [3.8, 4) is 0 Å². The molecule has 0 aliphatic carbocycles. The number of hydrogen-bond donors (Lipinski definition) is 2. The molecular formula is C16H17N3OS.